The van der Waals surface area contributed by atoms with Gasteiger partial charge in [0.2, 0.25) is 0 Å². The van der Waals surface area contributed by atoms with Crippen LogP contribution in [0.5, 0.6) is 0 Å². The predicted octanol–water partition coefficient (Wildman–Crippen LogP) is 5.15. The minimum absolute atomic E-state index is 0.166. The van der Waals surface area contributed by atoms with E-state index in [1.807, 2.05) is 32.9 Å². The number of carbonyl (C=O) groups excluding carboxylic acids is 1. The zero-order valence-electron chi connectivity index (χ0n) is 12.1. The van der Waals surface area contributed by atoms with Crippen molar-refractivity contribution in [2.24, 2.45) is 0 Å². The Labute approximate surface area is 130 Å². The maximum atomic E-state index is 12.7. The molecule has 0 atom stereocenters. The second-order valence-corrected chi connectivity index (χ2v) is 7.32. The van der Waals surface area contributed by atoms with Crippen LogP contribution in [-0.4, -0.2) is 11.6 Å². The van der Waals surface area contributed by atoms with E-state index in [4.69, 9.17) is 27.9 Å². The Bertz CT molecular complexity index is 491. The van der Waals surface area contributed by atoms with Gasteiger partial charge in [-0.3, -0.25) is 4.79 Å². The molecule has 4 heteroatoms. The second kappa shape index (κ2) is 5.57. The van der Waals surface area contributed by atoms with Crippen LogP contribution in [0, 0.1) is 0 Å². The fourth-order valence-electron chi connectivity index (χ4n) is 2.80. The molecule has 1 aliphatic rings. The molecule has 2 rings (SSSR count). The molecule has 110 valence electrons. The predicted molar refractivity (Wildman–Crippen MR) is 82.5 cm³/mol. The van der Waals surface area contributed by atoms with E-state index < -0.39 is 11.0 Å². The molecular formula is C16H20Cl2O2. The van der Waals surface area contributed by atoms with Crippen LogP contribution in [0.3, 0.4) is 0 Å². The summed E-state index contributed by atoms with van der Waals surface area (Å²) in [5, 5.41) is 1.12. The number of carbonyl (C=O) groups is 1. The van der Waals surface area contributed by atoms with Crippen molar-refractivity contribution in [2.45, 2.75) is 57.5 Å². The molecule has 2 nitrogen and oxygen atoms in total. The zero-order chi connectivity index (χ0) is 15.0. The molecule has 0 unspecified atom stereocenters. The average Bonchev–Trinajstić information content (AvgIpc) is 2.75. The molecule has 20 heavy (non-hydrogen) atoms. The number of benzene rings is 1. The summed E-state index contributed by atoms with van der Waals surface area (Å²) in [7, 11) is 0. The Balaban J connectivity index is 2.41. The minimum Gasteiger partial charge on any atom is -0.459 e. The van der Waals surface area contributed by atoms with E-state index in [-0.39, 0.29) is 5.97 Å². The highest BCUT2D eigenvalue weighted by molar-refractivity contribution is 6.34. The van der Waals surface area contributed by atoms with Gasteiger partial charge in [0.15, 0.2) is 0 Å². The number of ether oxygens (including phenoxy) is 1. The molecule has 1 saturated carbocycles. The van der Waals surface area contributed by atoms with E-state index in [0.717, 1.165) is 31.2 Å². The van der Waals surface area contributed by atoms with E-state index in [1.54, 1.807) is 6.07 Å². The van der Waals surface area contributed by atoms with Crippen molar-refractivity contribution in [1.29, 1.82) is 0 Å². The summed E-state index contributed by atoms with van der Waals surface area (Å²) in [5.74, 6) is -0.166. The van der Waals surface area contributed by atoms with Gasteiger partial charge in [-0.1, -0.05) is 36.0 Å². The third kappa shape index (κ3) is 3.29. The maximum Gasteiger partial charge on any atom is 0.317 e. The minimum atomic E-state index is -0.595. The Kier molecular flexibility index (Phi) is 4.36. The first-order chi connectivity index (χ1) is 9.23. The summed E-state index contributed by atoms with van der Waals surface area (Å²) in [6, 6.07) is 5.36. The molecule has 1 aliphatic carbocycles. The summed E-state index contributed by atoms with van der Waals surface area (Å²) >= 11 is 12.2. The number of rotatable bonds is 2. The van der Waals surface area contributed by atoms with Gasteiger partial charge in [-0.2, -0.15) is 0 Å². The molecule has 0 aromatic heterocycles. The van der Waals surface area contributed by atoms with Crippen LogP contribution < -0.4 is 0 Å². The Morgan fingerprint density at radius 3 is 2.05 bits per heavy atom. The van der Waals surface area contributed by atoms with Crippen molar-refractivity contribution < 1.29 is 9.53 Å². The molecular weight excluding hydrogens is 295 g/mol. The van der Waals surface area contributed by atoms with Gasteiger partial charge in [0.05, 0.1) is 5.41 Å². The van der Waals surface area contributed by atoms with Gasteiger partial charge in [-0.15, -0.1) is 0 Å². The van der Waals surface area contributed by atoms with Gasteiger partial charge in [0.1, 0.15) is 5.60 Å². The lowest BCUT2D eigenvalue weighted by Gasteiger charge is -2.31. The summed E-state index contributed by atoms with van der Waals surface area (Å²) < 4.78 is 5.63. The Morgan fingerprint density at radius 1 is 1.10 bits per heavy atom. The lowest BCUT2D eigenvalue weighted by Crippen LogP contribution is -2.39. The van der Waals surface area contributed by atoms with Gasteiger partial charge in [-0.05, 0) is 57.4 Å². The van der Waals surface area contributed by atoms with Gasteiger partial charge in [0, 0.05) is 10.0 Å². The lowest BCUT2D eigenvalue weighted by molar-refractivity contribution is -0.162. The fourth-order valence-corrected chi connectivity index (χ4v) is 3.32. The van der Waals surface area contributed by atoms with Crippen LogP contribution in [0.4, 0.5) is 0 Å². The normalized spacial score (nSPS) is 18.1. The van der Waals surface area contributed by atoms with Gasteiger partial charge in [-0.25, -0.2) is 0 Å². The van der Waals surface area contributed by atoms with Crippen molar-refractivity contribution in [3.8, 4) is 0 Å². The quantitative estimate of drug-likeness (QED) is 0.706. The van der Waals surface area contributed by atoms with Crippen molar-refractivity contribution >= 4 is 29.2 Å². The molecule has 0 heterocycles. The van der Waals surface area contributed by atoms with Gasteiger partial charge >= 0.3 is 5.97 Å². The third-order valence-corrected chi connectivity index (χ3v) is 4.10. The van der Waals surface area contributed by atoms with E-state index in [0.29, 0.717) is 10.0 Å². The van der Waals surface area contributed by atoms with Crippen LogP contribution in [0.2, 0.25) is 10.0 Å². The van der Waals surface area contributed by atoms with Gasteiger partial charge in [0.25, 0.3) is 0 Å². The number of hydrogen-bond acceptors (Lipinski definition) is 2. The summed E-state index contributed by atoms with van der Waals surface area (Å²) in [4.78, 5) is 12.7. The molecule has 0 bridgehead atoms. The maximum absolute atomic E-state index is 12.7. The van der Waals surface area contributed by atoms with Crippen LogP contribution in [0.25, 0.3) is 0 Å². The van der Waals surface area contributed by atoms with E-state index >= 15 is 0 Å². The highest BCUT2D eigenvalue weighted by atomic mass is 35.5. The Morgan fingerprint density at radius 2 is 1.60 bits per heavy atom. The number of halogens is 2. The molecule has 0 aliphatic heterocycles. The number of esters is 1. The van der Waals surface area contributed by atoms with Crippen molar-refractivity contribution in [3.05, 3.63) is 33.8 Å². The molecule has 0 radical (unpaired) electrons. The smallest absolute Gasteiger partial charge is 0.317 e. The summed E-state index contributed by atoms with van der Waals surface area (Å²) in [6.07, 6.45) is 3.61. The molecule has 1 aromatic rings. The first-order valence-electron chi connectivity index (χ1n) is 6.93. The fraction of sp³-hybridized carbons (Fsp3) is 0.562. The second-order valence-electron chi connectivity index (χ2n) is 6.45. The van der Waals surface area contributed by atoms with Crippen LogP contribution >= 0.6 is 23.2 Å². The van der Waals surface area contributed by atoms with E-state index in [1.165, 1.54) is 0 Å². The summed E-state index contributed by atoms with van der Waals surface area (Å²) in [6.45, 7) is 5.66. The van der Waals surface area contributed by atoms with Crippen molar-refractivity contribution in [2.75, 3.05) is 0 Å². The molecule has 0 spiro atoms. The van der Waals surface area contributed by atoms with Crippen LogP contribution in [-0.2, 0) is 14.9 Å². The monoisotopic (exact) mass is 314 g/mol. The number of hydrogen-bond donors (Lipinski definition) is 0. The molecule has 0 saturated heterocycles. The van der Waals surface area contributed by atoms with E-state index in [2.05, 4.69) is 0 Å². The summed E-state index contributed by atoms with van der Waals surface area (Å²) in [5.41, 5.74) is -0.210. The average molecular weight is 315 g/mol. The largest absolute Gasteiger partial charge is 0.459 e. The van der Waals surface area contributed by atoms with Crippen molar-refractivity contribution in [1.82, 2.24) is 0 Å². The SMILES string of the molecule is CC(C)(C)OC(=O)C1(c2cc(Cl)cc(Cl)c2)CCCC1. The first kappa shape index (κ1) is 15.7. The standard InChI is InChI=1S/C16H20Cl2O2/c1-15(2,3)20-14(19)16(6-4-5-7-16)11-8-12(17)10-13(18)9-11/h8-10H,4-7H2,1-3H3. The topological polar surface area (TPSA) is 26.3 Å². The Hall–Kier alpha value is -0.730. The lowest BCUT2D eigenvalue weighted by atomic mass is 9.79. The van der Waals surface area contributed by atoms with Crippen molar-refractivity contribution in [3.63, 3.8) is 0 Å². The molecule has 1 fully saturated rings. The highest BCUT2D eigenvalue weighted by Crippen LogP contribution is 2.44. The molecule has 0 N–H and O–H groups in total. The van der Waals surface area contributed by atoms with Crippen LogP contribution in [0.15, 0.2) is 18.2 Å². The molecule has 0 amide bonds. The van der Waals surface area contributed by atoms with E-state index in [9.17, 15) is 4.79 Å². The molecule has 1 aromatic carbocycles. The highest BCUT2D eigenvalue weighted by Gasteiger charge is 2.45. The third-order valence-electron chi connectivity index (χ3n) is 3.66. The van der Waals surface area contributed by atoms with Gasteiger partial charge < -0.3 is 4.74 Å². The first-order valence-corrected chi connectivity index (χ1v) is 7.69. The van der Waals surface area contributed by atoms with Crippen LogP contribution in [0.1, 0.15) is 52.0 Å². The zero-order valence-corrected chi connectivity index (χ0v) is 13.6.